The van der Waals surface area contributed by atoms with Crippen molar-refractivity contribution in [1.29, 1.82) is 0 Å². The van der Waals surface area contributed by atoms with E-state index < -0.39 is 5.97 Å². The van der Waals surface area contributed by atoms with Crippen molar-refractivity contribution in [2.24, 2.45) is 0 Å². The summed E-state index contributed by atoms with van der Waals surface area (Å²) in [6.45, 7) is 2.98. The quantitative estimate of drug-likeness (QED) is 0.486. The van der Waals surface area contributed by atoms with Gasteiger partial charge in [0.15, 0.2) is 0 Å². The summed E-state index contributed by atoms with van der Waals surface area (Å²) in [7, 11) is 1.31. The summed E-state index contributed by atoms with van der Waals surface area (Å²) in [4.78, 5) is 25.6. The summed E-state index contributed by atoms with van der Waals surface area (Å²) in [5, 5.41) is 0. The molecular weight excluding hydrogens is 361 g/mol. The highest BCUT2D eigenvalue weighted by molar-refractivity contribution is 5.92. The molecule has 0 radical (unpaired) electrons. The number of esters is 1. The van der Waals surface area contributed by atoms with Gasteiger partial charge in [0.2, 0.25) is 5.91 Å². The maximum atomic E-state index is 13.1. The number of hydrogen-bond donors (Lipinski definition) is 0. The van der Waals surface area contributed by atoms with Crippen LogP contribution in [0, 0.1) is 5.82 Å². The van der Waals surface area contributed by atoms with Crippen LogP contribution in [0.1, 0.15) is 24.5 Å². The molecule has 0 aliphatic rings. The first-order valence-corrected chi connectivity index (χ1v) is 9.03. The fourth-order valence-corrected chi connectivity index (χ4v) is 2.52. The SMILES string of the molecule is CCOc1ccc(/C=C/C(=O)N(CCC(=O)OC)Cc2ccc(F)cc2)cc1. The van der Waals surface area contributed by atoms with E-state index in [0.717, 1.165) is 16.9 Å². The molecule has 0 saturated carbocycles. The molecule has 0 bridgehead atoms. The lowest BCUT2D eigenvalue weighted by Gasteiger charge is -2.21. The van der Waals surface area contributed by atoms with E-state index in [1.807, 2.05) is 31.2 Å². The van der Waals surface area contributed by atoms with Crippen molar-refractivity contribution in [3.05, 3.63) is 71.6 Å². The van der Waals surface area contributed by atoms with Crippen LogP contribution in [0.5, 0.6) is 5.75 Å². The number of amides is 1. The van der Waals surface area contributed by atoms with E-state index in [2.05, 4.69) is 4.74 Å². The van der Waals surface area contributed by atoms with E-state index in [4.69, 9.17) is 4.74 Å². The van der Waals surface area contributed by atoms with E-state index in [9.17, 15) is 14.0 Å². The van der Waals surface area contributed by atoms with Crippen LogP contribution in [0.3, 0.4) is 0 Å². The molecule has 1 amide bonds. The number of halogens is 1. The van der Waals surface area contributed by atoms with Gasteiger partial charge < -0.3 is 14.4 Å². The van der Waals surface area contributed by atoms with Crippen molar-refractivity contribution in [2.75, 3.05) is 20.3 Å². The number of benzene rings is 2. The minimum Gasteiger partial charge on any atom is -0.494 e. The average Bonchev–Trinajstić information content (AvgIpc) is 2.71. The van der Waals surface area contributed by atoms with Gasteiger partial charge in [0.25, 0.3) is 0 Å². The van der Waals surface area contributed by atoms with Crippen molar-refractivity contribution in [1.82, 2.24) is 4.90 Å². The molecule has 6 heteroatoms. The Morgan fingerprint density at radius 2 is 1.75 bits per heavy atom. The Labute approximate surface area is 164 Å². The average molecular weight is 385 g/mol. The summed E-state index contributed by atoms with van der Waals surface area (Å²) in [5.41, 5.74) is 1.63. The second-order valence-electron chi connectivity index (χ2n) is 6.05. The first-order valence-electron chi connectivity index (χ1n) is 9.03. The maximum absolute atomic E-state index is 13.1. The molecule has 0 spiro atoms. The molecule has 0 aromatic heterocycles. The normalized spacial score (nSPS) is 10.7. The smallest absolute Gasteiger partial charge is 0.307 e. The standard InChI is InChI=1S/C22H24FNO4/c1-3-28-20-11-6-17(7-12-20)8-13-21(25)24(15-14-22(26)27-2)16-18-4-9-19(23)10-5-18/h4-13H,3,14-16H2,1-2H3/b13-8+. The zero-order valence-electron chi connectivity index (χ0n) is 16.1. The first kappa shape index (κ1) is 21.2. The highest BCUT2D eigenvalue weighted by Gasteiger charge is 2.14. The molecule has 5 nitrogen and oxygen atoms in total. The summed E-state index contributed by atoms with van der Waals surface area (Å²) in [5.74, 6) is -0.219. The molecule has 0 fully saturated rings. The third kappa shape index (κ3) is 6.87. The van der Waals surface area contributed by atoms with Gasteiger partial charge in [-0.25, -0.2) is 4.39 Å². The molecule has 28 heavy (non-hydrogen) atoms. The maximum Gasteiger partial charge on any atom is 0.307 e. The van der Waals surface area contributed by atoms with Crippen molar-refractivity contribution in [2.45, 2.75) is 19.9 Å². The van der Waals surface area contributed by atoms with Gasteiger partial charge in [-0.2, -0.15) is 0 Å². The van der Waals surface area contributed by atoms with Crippen molar-refractivity contribution in [3.63, 3.8) is 0 Å². The monoisotopic (exact) mass is 385 g/mol. The lowest BCUT2D eigenvalue weighted by Crippen LogP contribution is -2.31. The van der Waals surface area contributed by atoms with E-state index in [-0.39, 0.29) is 31.2 Å². The molecule has 0 heterocycles. The van der Waals surface area contributed by atoms with Crippen molar-refractivity contribution in [3.8, 4) is 5.75 Å². The van der Waals surface area contributed by atoms with Crippen molar-refractivity contribution >= 4 is 18.0 Å². The van der Waals surface area contributed by atoms with Gasteiger partial charge in [0.05, 0.1) is 20.1 Å². The highest BCUT2D eigenvalue weighted by Crippen LogP contribution is 2.14. The summed E-state index contributed by atoms with van der Waals surface area (Å²) in [6, 6.07) is 13.3. The van der Waals surface area contributed by atoms with Crippen molar-refractivity contribution < 1.29 is 23.5 Å². The number of nitrogens with zero attached hydrogens (tertiary/aromatic N) is 1. The van der Waals surface area contributed by atoms with E-state index in [0.29, 0.717) is 6.61 Å². The fourth-order valence-electron chi connectivity index (χ4n) is 2.52. The fraction of sp³-hybridized carbons (Fsp3) is 0.273. The van der Waals surface area contributed by atoms with Crippen LogP contribution >= 0.6 is 0 Å². The van der Waals surface area contributed by atoms with Gasteiger partial charge in [-0.05, 0) is 48.4 Å². The van der Waals surface area contributed by atoms with Gasteiger partial charge in [-0.3, -0.25) is 9.59 Å². The minimum atomic E-state index is -0.396. The van der Waals surface area contributed by atoms with Gasteiger partial charge in [0.1, 0.15) is 11.6 Å². The summed E-state index contributed by atoms with van der Waals surface area (Å²) >= 11 is 0. The van der Waals surface area contributed by atoms with E-state index in [1.165, 1.54) is 30.2 Å². The summed E-state index contributed by atoms with van der Waals surface area (Å²) < 4.78 is 23.2. The molecule has 0 aliphatic carbocycles. The Morgan fingerprint density at radius 1 is 1.07 bits per heavy atom. The second kappa shape index (κ2) is 10.9. The Bertz CT molecular complexity index is 800. The number of carbonyl (C=O) groups excluding carboxylic acids is 2. The third-order valence-electron chi connectivity index (χ3n) is 4.02. The topological polar surface area (TPSA) is 55.8 Å². The van der Waals surface area contributed by atoms with Crippen LogP contribution in [0.25, 0.3) is 6.08 Å². The molecule has 0 saturated heterocycles. The lowest BCUT2D eigenvalue weighted by atomic mass is 10.1. The Kier molecular flexibility index (Phi) is 8.21. The third-order valence-corrected chi connectivity index (χ3v) is 4.02. The van der Waals surface area contributed by atoms with Crippen LogP contribution in [-0.2, 0) is 20.9 Å². The Balaban J connectivity index is 2.07. The molecule has 0 N–H and O–H groups in total. The van der Waals surface area contributed by atoms with E-state index >= 15 is 0 Å². The number of carbonyl (C=O) groups is 2. The minimum absolute atomic E-state index is 0.0837. The number of rotatable bonds is 9. The molecule has 2 aromatic carbocycles. The number of hydrogen-bond acceptors (Lipinski definition) is 4. The number of methoxy groups -OCH3 is 1. The second-order valence-corrected chi connectivity index (χ2v) is 6.05. The summed E-state index contributed by atoms with van der Waals surface area (Å²) in [6.07, 6.45) is 3.24. The molecular formula is C22H24FNO4. The number of ether oxygens (including phenoxy) is 2. The highest BCUT2D eigenvalue weighted by atomic mass is 19.1. The Hall–Kier alpha value is -3.15. The largest absolute Gasteiger partial charge is 0.494 e. The molecule has 2 aromatic rings. The lowest BCUT2D eigenvalue weighted by molar-refractivity contribution is -0.141. The first-order chi connectivity index (χ1) is 13.5. The molecule has 0 aliphatic heterocycles. The van der Waals surface area contributed by atoms with Crippen LogP contribution in [0.2, 0.25) is 0 Å². The Morgan fingerprint density at radius 3 is 2.36 bits per heavy atom. The van der Waals surface area contributed by atoms with Crippen LogP contribution in [0.4, 0.5) is 4.39 Å². The predicted octanol–water partition coefficient (Wildman–Crippen LogP) is 3.83. The predicted molar refractivity (Wildman–Crippen MR) is 105 cm³/mol. The van der Waals surface area contributed by atoms with Gasteiger partial charge in [-0.1, -0.05) is 24.3 Å². The molecule has 2 rings (SSSR count). The molecule has 148 valence electrons. The molecule has 0 atom stereocenters. The zero-order valence-corrected chi connectivity index (χ0v) is 16.1. The van der Waals surface area contributed by atoms with E-state index in [1.54, 1.807) is 18.2 Å². The van der Waals surface area contributed by atoms with Gasteiger partial charge in [0, 0.05) is 19.2 Å². The van der Waals surface area contributed by atoms with Crippen LogP contribution in [0.15, 0.2) is 54.6 Å². The van der Waals surface area contributed by atoms with Gasteiger partial charge >= 0.3 is 5.97 Å². The van der Waals surface area contributed by atoms with Crippen LogP contribution < -0.4 is 4.74 Å². The van der Waals surface area contributed by atoms with Gasteiger partial charge in [-0.15, -0.1) is 0 Å². The van der Waals surface area contributed by atoms with Crippen LogP contribution in [-0.4, -0.2) is 37.0 Å². The molecule has 0 unspecified atom stereocenters. The zero-order chi connectivity index (χ0) is 20.4.